The second-order valence-electron chi connectivity index (χ2n) is 5.04. The van der Waals surface area contributed by atoms with Crippen LogP contribution in [0.3, 0.4) is 0 Å². The quantitative estimate of drug-likeness (QED) is 0.797. The van der Waals surface area contributed by atoms with Crippen molar-refractivity contribution in [1.29, 1.82) is 0 Å². The molecule has 5 nitrogen and oxygen atoms in total. The Morgan fingerprint density at radius 2 is 2.06 bits per heavy atom. The van der Waals surface area contributed by atoms with Gasteiger partial charge >= 0.3 is 0 Å². The van der Waals surface area contributed by atoms with E-state index < -0.39 is 0 Å². The zero-order valence-electron chi connectivity index (χ0n) is 10.9. The number of nitrogens with zero attached hydrogens (tertiary/aromatic N) is 1. The van der Waals surface area contributed by atoms with Crippen LogP contribution in [0.4, 0.5) is 4.79 Å². The Kier molecular flexibility index (Phi) is 4.50. The standard InChI is InChI=1S/C12H21N3O2S/c1-13-8-3-5-9(6-4-8)15(2)11(16)10-7-18-12(17)14-10/h8-10,13H,3-7H2,1-2H3,(H,14,17). The van der Waals surface area contributed by atoms with Gasteiger partial charge in [-0.1, -0.05) is 11.8 Å². The van der Waals surface area contributed by atoms with E-state index in [1.807, 2.05) is 19.0 Å². The van der Waals surface area contributed by atoms with E-state index in [2.05, 4.69) is 10.6 Å². The first-order valence-electron chi connectivity index (χ1n) is 6.49. The van der Waals surface area contributed by atoms with Crippen LogP contribution >= 0.6 is 11.8 Å². The Morgan fingerprint density at radius 1 is 1.39 bits per heavy atom. The van der Waals surface area contributed by atoms with Gasteiger partial charge in [0.2, 0.25) is 5.91 Å². The SMILES string of the molecule is CNC1CCC(N(C)C(=O)C2CSC(=O)N2)CC1. The molecule has 1 atom stereocenters. The van der Waals surface area contributed by atoms with Gasteiger partial charge in [0, 0.05) is 24.9 Å². The van der Waals surface area contributed by atoms with Gasteiger partial charge in [-0.15, -0.1) is 0 Å². The third-order valence-electron chi connectivity index (χ3n) is 3.97. The molecule has 0 bridgehead atoms. The minimum atomic E-state index is -0.325. The van der Waals surface area contributed by atoms with Crippen molar-refractivity contribution in [3.8, 4) is 0 Å². The Labute approximate surface area is 112 Å². The van der Waals surface area contributed by atoms with Crippen LogP contribution in [0, 0.1) is 0 Å². The first kappa shape index (κ1) is 13.7. The van der Waals surface area contributed by atoms with Crippen molar-refractivity contribution in [3.05, 3.63) is 0 Å². The van der Waals surface area contributed by atoms with Crippen LogP contribution in [0.2, 0.25) is 0 Å². The summed E-state index contributed by atoms with van der Waals surface area (Å²) in [4.78, 5) is 25.2. The van der Waals surface area contributed by atoms with Gasteiger partial charge in [0.05, 0.1) is 0 Å². The molecule has 0 aromatic rings. The van der Waals surface area contributed by atoms with E-state index in [1.165, 1.54) is 11.8 Å². The molecule has 0 radical (unpaired) electrons. The average Bonchev–Trinajstić information content (AvgIpc) is 2.84. The maximum Gasteiger partial charge on any atom is 0.279 e. The first-order chi connectivity index (χ1) is 8.61. The van der Waals surface area contributed by atoms with Crippen molar-refractivity contribution in [1.82, 2.24) is 15.5 Å². The maximum absolute atomic E-state index is 12.2. The normalized spacial score (nSPS) is 32.1. The van der Waals surface area contributed by atoms with E-state index in [0.717, 1.165) is 25.7 Å². The highest BCUT2D eigenvalue weighted by Gasteiger charge is 2.33. The molecule has 1 aliphatic carbocycles. The summed E-state index contributed by atoms with van der Waals surface area (Å²) in [6.07, 6.45) is 4.32. The molecule has 2 fully saturated rings. The Balaban J connectivity index is 1.85. The van der Waals surface area contributed by atoms with Gasteiger partial charge in [-0.2, -0.15) is 0 Å². The minimum Gasteiger partial charge on any atom is -0.341 e. The summed E-state index contributed by atoms with van der Waals surface area (Å²) in [7, 11) is 3.85. The lowest BCUT2D eigenvalue weighted by Gasteiger charge is -2.35. The Bertz CT molecular complexity index is 329. The number of thioether (sulfide) groups is 1. The Morgan fingerprint density at radius 3 is 2.56 bits per heavy atom. The molecule has 1 saturated heterocycles. The molecule has 1 saturated carbocycles. The highest BCUT2D eigenvalue weighted by molar-refractivity contribution is 8.14. The fraction of sp³-hybridized carbons (Fsp3) is 0.833. The molecule has 2 amide bonds. The van der Waals surface area contributed by atoms with Crippen LogP contribution in [-0.4, -0.2) is 54.0 Å². The van der Waals surface area contributed by atoms with Gasteiger partial charge in [0.1, 0.15) is 6.04 Å². The number of likely N-dealkylation sites (N-methyl/N-ethyl adjacent to an activating group) is 1. The van der Waals surface area contributed by atoms with Crippen molar-refractivity contribution in [2.24, 2.45) is 0 Å². The number of carbonyl (C=O) groups excluding carboxylic acids is 2. The third kappa shape index (κ3) is 2.98. The second kappa shape index (κ2) is 5.93. The molecule has 0 aromatic heterocycles. The topological polar surface area (TPSA) is 61.4 Å². The molecule has 1 unspecified atom stereocenters. The zero-order chi connectivity index (χ0) is 13.1. The molecular formula is C12H21N3O2S. The van der Waals surface area contributed by atoms with Crippen molar-refractivity contribution < 1.29 is 9.59 Å². The number of amides is 2. The molecule has 6 heteroatoms. The molecule has 2 rings (SSSR count). The van der Waals surface area contributed by atoms with Gasteiger partial charge < -0.3 is 15.5 Å². The summed E-state index contributed by atoms with van der Waals surface area (Å²) in [6.45, 7) is 0. The largest absolute Gasteiger partial charge is 0.341 e. The zero-order valence-corrected chi connectivity index (χ0v) is 11.8. The number of rotatable bonds is 3. The van der Waals surface area contributed by atoms with E-state index >= 15 is 0 Å². The number of hydrogen-bond donors (Lipinski definition) is 2. The van der Waals surface area contributed by atoms with Gasteiger partial charge in [-0.25, -0.2) is 0 Å². The molecule has 2 N–H and O–H groups in total. The number of hydrogen-bond acceptors (Lipinski definition) is 4. The average molecular weight is 271 g/mol. The fourth-order valence-corrected chi connectivity index (χ4v) is 3.46. The molecule has 1 heterocycles. The predicted octanol–water partition coefficient (Wildman–Crippen LogP) is 0.800. The van der Waals surface area contributed by atoms with Gasteiger partial charge in [-0.05, 0) is 32.7 Å². The summed E-state index contributed by atoms with van der Waals surface area (Å²) < 4.78 is 0. The monoisotopic (exact) mass is 271 g/mol. The van der Waals surface area contributed by atoms with Gasteiger partial charge in [0.15, 0.2) is 0 Å². The lowest BCUT2D eigenvalue weighted by Crippen LogP contribution is -2.49. The summed E-state index contributed by atoms with van der Waals surface area (Å²) in [6, 6.07) is 0.589. The van der Waals surface area contributed by atoms with Crippen LogP contribution in [0.5, 0.6) is 0 Å². The van der Waals surface area contributed by atoms with Crippen LogP contribution in [-0.2, 0) is 4.79 Å². The lowest BCUT2D eigenvalue weighted by atomic mass is 9.90. The van der Waals surface area contributed by atoms with Gasteiger partial charge in [0.25, 0.3) is 5.24 Å². The predicted molar refractivity (Wildman–Crippen MR) is 72.7 cm³/mol. The summed E-state index contributed by atoms with van der Waals surface area (Å²) in [5.41, 5.74) is 0. The molecule has 102 valence electrons. The molecule has 0 aromatic carbocycles. The van der Waals surface area contributed by atoms with E-state index in [1.54, 1.807) is 0 Å². The van der Waals surface area contributed by atoms with Gasteiger partial charge in [-0.3, -0.25) is 9.59 Å². The molecule has 2 aliphatic rings. The van der Waals surface area contributed by atoms with Crippen molar-refractivity contribution in [2.75, 3.05) is 19.8 Å². The molecule has 18 heavy (non-hydrogen) atoms. The van der Waals surface area contributed by atoms with Crippen LogP contribution in [0.25, 0.3) is 0 Å². The highest BCUT2D eigenvalue weighted by Crippen LogP contribution is 2.24. The van der Waals surface area contributed by atoms with Crippen LogP contribution in [0.15, 0.2) is 0 Å². The van der Waals surface area contributed by atoms with Crippen LogP contribution in [0.1, 0.15) is 25.7 Å². The smallest absolute Gasteiger partial charge is 0.279 e. The second-order valence-corrected chi connectivity index (χ2v) is 6.03. The molecule has 1 aliphatic heterocycles. The summed E-state index contributed by atoms with van der Waals surface area (Å²) in [5.74, 6) is 0.620. The lowest BCUT2D eigenvalue weighted by molar-refractivity contribution is -0.133. The highest BCUT2D eigenvalue weighted by atomic mass is 32.2. The Hall–Kier alpha value is -0.750. The van der Waals surface area contributed by atoms with E-state index in [-0.39, 0.29) is 17.2 Å². The third-order valence-corrected chi connectivity index (χ3v) is 4.85. The molecular weight excluding hydrogens is 250 g/mol. The maximum atomic E-state index is 12.2. The van der Waals surface area contributed by atoms with Crippen molar-refractivity contribution in [3.63, 3.8) is 0 Å². The minimum absolute atomic E-state index is 0.0567. The summed E-state index contributed by atoms with van der Waals surface area (Å²) >= 11 is 1.19. The fourth-order valence-electron chi connectivity index (χ4n) is 2.70. The summed E-state index contributed by atoms with van der Waals surface area (Å²) in [5, 5.41) is 5.92. The number of nitrogens with one attached hydrogen (secondary N) is 2. The molecule has 0 spiro atoms. The van der Waals surface area contributed by atoms with E-state index in [9.17, 15) is 9.59 Å². The van der Waals surface area contributed by atoms with E-state index in [0.29, 0.717) is 17.8 Å². The number of carbonyl (C=O) groups is 2. The first-order valence-corrected chi connectivity index (χ1v) is 7.47. The van der Waals surface area contributed by atoms with E-state index in [4.69, 9.17) is 0 Å². The van der Waals surface area contributed by atoms with Crippen molar-refractivity contribution in [2.45, 2.75) is 43.8 Å². The van der Waals surface area contributed by atoms with Crippen LogP contribution < -0.4 is 10.6 Å². The van der Waals surface area contributed by atoms with Crippen molar-refractivity contribution >= 4 is 22.9 Å².